The summed E-state index contributed by atoms with van der Waals surface area (Å²) in [5, 5.41) is 0. The fraction of sp³-hybridized carbons (Fsp3) is 0.370. The quantitative estimate of drug-likeness (QED) is 0.241. The van der Waals surface area contributed by atoms with Crippen molar-refractivity contribution in [2.75, 3.05) is 6.61 Å². The van der Waals surface area contributed by atoms with E-state index in [0.717, 1.165) is 54.9 Å². The second kappa shape index (κ2) is 11.3. The fourth-order valence-electron chi connectivity index (χ4n) is 3.79. The smallest absolute Gasteiger partial charge is 0.314 e. The zero-order valence-electron chi connectivity index (χ0n) is 17.7. The third-order valence-electron chi connectivity index (χ3n) is 5.55. The van der Waals surface area contributed by atoms with Gasteiger partial charge in [-0.1, -0.05) is 17.9 Å². The van der Waals surface area contributed by atoms with Crippen LogP contribution in [0.3, 0.4) is 0 Å². The van der Waals surface area contributed by atoms with Gasteiger partial charge in [0, 0.05) is 11.1 Å². The Morgan fingerprint density at radius 1 is 0.967 bits per heavy atom. The van der Waals surface area contributed by atoms with Crippen molar-refractivity contribution in [3.05, 3.63) is 72.3 Å². The molecule has 1 aliphatic carbocycles. The molecule has 3 rings (SSSR count). The minimum absolute atomic E-state index is 0.0177. The van der Waals surface area contributed by atoms with Crippen LogP contribution in [0.15, 0.2) is 61.2 Å². The van der Waals surface area contributed by atoms with E-state index in [-0.39, 0.29) is 11.9 Å². The van der Waals surface area contributed by atoms with Crippen molar-refractivity contribution in [2.24, 2.45) is 11.8 Å². The molecule has 0 bridgehead atoms. The van der Waals surface area contributed by atoms with Crippen LogP contribution in [0, 0.1) is 23.7 Å². The van der Waals surface area contributed by atoms with Gasteiger partial charge in [-0.25, -0.2) is 0 Å². The summed E-state index contributed by atoms with van der Waals surface area (Å²) in [5.74, 6) is 8.35. The summed E-state index contributed by atoms with van der Waals surface area (Å²) in [6, 6.07) is 15.1. The maximum absolute atomic E-state index is 12.5. The monoisotopic (exact) mass is 402 g/mol. The Bertz CT molecular complexity index is 876. The molecule has 0 spiro atoms. The first-order chi connectivity index (χ1) is 14.7. The zero-order chi connectivity index (χ0) is 21.2. The molecule has 0 unspecified atom stereocenters. The number of rotatable bonds is 7. The lowest BCUT2D eigenvalue weighted by Gasteiger charge is -2.26. The number of hydrogen-bond acceptors (Lipinski definition) is 3. The summed E-state index contributed by atoms with van der Waals surface area (Å²) in [5.41, 5.74) is 1.81. The molecule has 0 radical (unpaired) electrons. The molecule has 0 atom stereocenters. The molecular formula is C27H30O3. The van der Waals surface area contributed by atoms with Crippen molar-refractivity contribution < 1.29 is 14.3 Å². The summed E-state index contributed by atoms with van der Waals surface area (Å²) in [4.78, 5) is 12.5. The third kappa shape index (κ3) is 6.52. The van der Waals surface area contributed by atoms with E-state index in [1.165, 1.54) is 6.42 Å². The third-order valence-corrected chi connectivity index (χ3v) is 5.55. The van der Waals surface area contributed by atoms with Crippen LogP contribution < -0.4 is 9.47 Å². The van der Waals surface area contributed by atoms with Crippen molar-refractivity contribution in [3.63, 3.8) is 0 Å². The van der Waals surface area contributed by atoms with Gasteiger partial charge in [0.1, 0.15) is 11.5 Å². The molecule has 0 N–H and O–H groups in total. The highest BCUT2D eigenvalue weighted by Crippen LogP contribution is 2.32. The van der Waals surface area contributed by atoms with E-state index in [2.05, 4.69) is 18.4 Å². The van der Waals surface area contributed by atoms with Crippen molar-refractivity contribution in [2.45, 2.75) is 45.4 Å². The van der Waals surface area contributed by atoms with E-state index in [1.807, 2.05) is 61.5 Å². The number of hydrogen-bond donors (Lipinski definition) is 0. The number of esters is 1. The van der Waals surface area contributed by atoms with Crippen LogP contribution in [-0.2, 0) is 4.79 Å². The molecule has 3 heteroatoms. The number of carbonyl (C=O) groups excluding carboxylic acids is 1. The molecule has 0 aliphatic heterocycles. The van der Waals surface area contributed by atoms with Crippen molar-refractivity contribution in [1.29, 1.82) is 0 Å². The molecule has 0 saturated heterocycles. The minimum Gasteiger partial charge on any atom is -0.494 e. The molecule has 1 saturated carbocycles. The van der Waals surface area contributed by atoms with Crippen LogP contribution in [0.25, 0.3) is 0 Å². The topological polar surface area (TPSA) is 35.5 Å². The molecular weight excluding hydrogens is 372 g/mol. The van der Waals surface area contributed by atoms with Gasteiger partial charge in [0.25, 0.3) is 0 Å². The van der Waals surface area contributed by atoms with Crippen molar-refractivity contribution >= 4 is 5.97 Å². The van der Waals surface area contributed by atoms with E-state index in [4.69, 9.17) is 9.47 Å². The van der Waals surface area contributed by atoms with Crippen LogP contribution in [0.1, 0.15) is 56.6 Å². The van der Waals surface area contributed by atoms with Crippen LogP contribution in [0.2, 0.25) is 0 Å². The zero-order valence-corrected chi connectivity index (χ0v) is 17.7. The standard InChI is InChI=1S/C27H30O3/c1-3-5-6-21-9-15-24(16-10-21)27(28)30-26-19-13-23(14-20-26)8-7-22-11-17-25(18-12-22)29-4-2/h3,11-14,17-21,24H,1,4-6,9-10,15-16H2,2H3/t21-,24-. The highest BCUT2D eigenvalue weighted by Gasteiger charge is 2.27. The highest BCUT2D eigenvalue weighted by atomic mass is 16.5. The Morgan fingerprint density at radius 2 is 1.53 bits per heavy atom. The van der Waals surface area contributed by atoms with Gasteiger partial charge in [0.2, 0.25) is 0 Å². The Hall–Kier alpha value is -2.99. The predicted octanol–water partition coefficient (Wildman–Crippen LogP) is 6.16. The summed E-state index contributed by atoms with van der Waals surface area (Å²) >= 11 is 0. The molecule has 1 aliphatic rings. The largest absolute Gasteiger partial charge is 0.494 e. The second-order valence-corrected chi connectivity index (χ2v) is 7.74. The molecule has 0 heterocycles. The Morgan fingerprint density at radius 3 is 2.07 bits per heavy atom. The van der Waals surface area contributed by atoms with Crippen molar-refractivity contribution in [1.82, 2.24) is 0 Å². The molecule has 3 nitrogen and oxygen atoms in total. The number of benzene rings is 2. The molecule has 156 valence electrons. The van der Waals surface area contributed by atoms with E-state index in [0.29, 0.717) is 12.4 Å². The Labute approximate surface area is 180 Å². The number of carbonyl (C=O) groups is 1. The molecule has 1 fully saturated rings. The van der Waals surface area contributed by atoms with Gasteiger partial charge in [0.05, 0.1) is 12.5 Å². The molecule has 2 aromatic rings. The normalized spacial score (nSPS) is 18.0. The average molecular weight is 403 g/mol. The van der Waals surface area contributed by atoms with Gasteiger partial charge in [-0.2, -0.15) is 0 Å². The van der Waals surface area contributed by atoms with Gasteiger partial charge in [-0.15, -0.1) is 6.58 Å². The highest BCUT2D eigenvalue weighted by molar-refractivity contribution is 5.75. The average Bonchev–Trinajstić information content (AvgIpc) is 2.79. The lowest BCUT2D eigenvalue weighted by atomic mass is 9.80. The van der Waals surface area contributed by atoms with E-state index >= 15 is 0 Å². The first-order valence-corrected chi connectivity index (χ1v) is 10.9. The summed E-state index contributed by atoms with van der Waals surface area (Å²) in [7, 11) is 0. The minimum atomic E-state index is -0.106. The first kappa shape index (κ1) is 21.7. The van der Waals surface area contributed by atoms with E-state index in [9.17, 15) is 4.79 Å². The van der Waals surface area contributed by atoms with Gasteiger partial charge in [-0.05, 0) is 99.9 Å². The SMILES string of the molecule is C=CCC[C@H]1CC[C@H](C(=O)Oc2ccc(C#Cc3ccc(OCC)cc3)cc2)CC1. The van der Waals surface area contributed by atoms with Gasteiger partial charge in [-0.3, -0.25) is 4.79 Å². The van der Waals surface area contributed by atoms with Crippen LogP contribution in [0.4, 0.5) is 0 Å². The van der Waals surface area contributed by atoms with E-state index in [1.54, 1.807) is 0 Å². The second-order valence-electron chi connectivity index (χ2n) is 7.74. The predicted molar refractivity (Wildman–Crippen MR) is 121 cm³/mol. The van der Waals surface area contributed by atoms with Gasteiger partial charge >= 0.3 is 5.97 Å². The Balaban J connectivity index is 1.50. The number of ether oxygens (including phenoxy) is 2. The number of allylic oxidation sites excluding steroid dienone is 1. The maximum atomic E-state index is 12.5. The first-order valence-electron chi connectivity index (χ1n) is 10.9. The van der Waals surface area contributed by atoms with Gasteiger partial charge < -0.3 is 9.47 Å². The lowest BCUT2D eigenvalue weighted by Crippen LogP contribution is -2.25. The van der Waals surface area contributed by atoms with Crippen LogP contribution in [0.5, 0.6) is 11.5 Å². The summed E-state index contributed by atoms with van der Waals surface area (Å²) in [6.07, 6.45) is 8.28. The summed E-state index contributed by atoms with van der Waals surface area (Å²) in [6.45, 7) is 6.41. The van der Waals surface area contributed by atoms with Crippen LogP contribution >= 0.6 is 0 Å². The van der Waals surface area contributed by atoms with E-state index < -0.39 is 0 Å². The Kier molecular flexibility index (Phi) is 8.15. The van der Waals surface area contributed by atoms with Crippen molar-refractivity contribution in [3.8, 4) is 23.3 Å². The summed E-state index contributed by atoms with van der Waals surface area (Å²) < 4.78 is 11.0. The molecule has 0 aromatic heterocycles. The maximum Gasteiger partial charge on any atom is 0.314 e. The lowest BCUT2D eigenvalue weighted by molar-refractivity contribution is -0.140. The molecule has 0 amide bonds. The van der Waals surface area contributed by atoms with Gasteiger partial charge in [0.15, 0.2) is 0 Å². The molecule has 30 heavy (non-hydrogen) atoms. The fourth-order valence-corrected chi connectivity index (χ4v) is 3.79. The molecule has 2 aromatic carbocycles. The van der Waals surface area contributed by atoms with Crippen LogP contribution in [-0.4, -0.2) is 12.6 Å².